The molecule has 9 unspecified atom stereocenters. The summed E-state index contributed by atoms with van der Waals surface area (Å²) in [5, 5.41) is 0. The first-order chi connectivity index (χ1) is 19.3. The van der Waals surface area contributed by atoms with Crippen LogP contribution in [0.1, 0.15) is 115 Å². The Labute approximate surface area is 243 Å². The van der Waals surface area contributed by atoms with Gasteiger partial charge in [0.2, 0.25) is 6.29 Å². The largest absolute Gasteiger partial charge is 0.493 e. The molecular weight excluding hydrogens is 492 g/mol. The van der Waals surface area contributed by atoms with Crippen molar-refractivity contribution < 1.29 is 14.2 Å². The first-order valence-corrected chi connectivity index (χ1v) is 16.4. The molecule has 3 heteroatoms. The van der Waals surface area contributed by atoms with Crippen molar-refractivity contribution in [2.45, 2.75) is 117 Å². The Hall–Kier alpha value is -2.00. The van der Waals surface area contributed by atoms with Crippen molar-refractivity contribution >= 4 is 0 Å². The van der Waals surface area contributed by atoms with Crippen LogP contribution in [0, 0.1) is 35.0 Å². The number of benzene rings is 2. The fraction of sp³-hybridized carbons (Fsp3) is 0.676. The number of hydrogen-bond donors (Lipinski definition) is 0. The molecule has 1 aliphatic heterocycles. The van der Waals surface area contributed by atoms with E-state index in [0.29, 0.717) is 17.4 Å². The van der Waals surface area contributed by atoms with Crippen molar-refractivity contribution in [2.24, 2.45) is 35.0 Å². The summed E-state index contributed by atoms with van der Waals surface area (Å²) in [7, 11) is 0. The Bertz CT molecular complexity index is 1120. The minimum atomic E-state index is -0.286. The molecular formula is C37H52O3. The third-order valence-electron chi connectivity index (χ3n) is 10.9. The van der Waals surface area contributed by atoms with E-state index in [4.69, 9.17) is 14.2 Å². The zero-order valence-electron chi connectivity index (χ0n) is 25.6. The van der Waals surface area contributed by atoms with Crippen molar-refractivity contribution in [3.63, 3.8) is 0 Å². The highest BCUT2D eigenvalue weighted by molar-refractivity contribution is 5.38. The Balaban J connectivity index is 1.23. The molecule has 218 valence electrons. The molecule has 0 radical (unpaired) electrons. The summed E-state index contributed by atoms with van der Waals surface area (Å²) < 4.78 is 20.0. The van der Waals surface area contributed by atoms with Crippen LogP contribution in [-0.4, -0.2) is 19.0 Å². The van der Waals surface area contributed by atoms with Gasteiger partial charge in [-0.15, -0.1) is 0 Å². The molecule has 2 aromatic rings. The fourth-order valence-electron chi connectivity index (χ4n) is 8.87. The van der Waals surface area contributed by atoms with E-state index in [1.165, 1.54) is 62.5 Å². The molecule has 0 spiro atoms. The maximum atomic E-state index is 7.09. The smallest absolute Gasteiger partial charge is 0.207 e. The van der Waals surface area contributed by atoms with E-state index in [9.17, 15) is 0 Å². The Morgan fingerprint density at radius 3 is 2.48 bits per heavy atom. The molecule has 2 bridgehead atoms. The van der Waals surface area contributed by atoms with Gasteiger partial charge < -0.3 is 14.2 Å². The lowest BCUT2D eigenvalue weighted by atomic mass is 9.77. The van der Waals surface area contributed by atoms with Crippen LogP contribution >= 0.6 is 0 Å². The molecule has 3 fully saturated rings. The van der Waals surface area contributed by atoms with E-state index in [2.05, 4.69) is 83.1 Å². The maximum Gasteiger partial charge on any atom is 0.207 e. The molecule has 6 rings (SSSR count). The zero-order chi connectivity index (χ0) is 27.9. The standard InChI is InChI=1S/C37H52O3/c1-6-24(2)20-27(23-37(3,4)5)25-14-16-28(17-15-25)39-36(32-18-19-38-34-13-8-7-10-31(32)34)40-35-22-26-21-33(35)30-12-9-11-29(26)30/h7-8,10,13-17,24,26-27,29-30,32-33,35-36H,6,9,11-12,18-23H2,1-5H3. The first-order valence-electron chi connectivity index (χ1n) is 16.4. The van der Waals surface area contributed by atoms with Gasteiger partial charge in [0.05, 0.1) is 18.6 Å². The summed E-state index contributed by atoms with van der Waals surface area (Å²) in [5.41, 5.74) is 2.98. The second kappa shape index (κ2) is 11.7. The highest BCUT2D eigenvalue weighted by Gasteiger charge is 2.55. The second-order valence-electron chi connectivity index (χ2n) is 14.9. The SMILES string of the molecule is CCC(C)CC(CC(C)(C)C)c1ccc(OC(OC2CC3CC2C2CCCC32)C2CCOc3ccccc32)cc1. The van der Waals surface area contributed by atoms with Crippen molar-refractivity contribution in [3.05, 3.63) is 59.7 Å². The van der Waals surface area contributed by atoms with Crippen molar-refractivity contribution in [3.8, 4) is 11.5 Å². The van der Waals surface area contributed by atoms with E-state index < -0.39 is 0 Å². The predicted molar refractivity (Wildman–Crippen MR) is 163 cm³/mol. The van der Waals surface area contributed by atoms with Gasteiger partial charge in [-0.25, -0.2) is 0 Å². The van der Waals surface area contributed by atoms with Gasteiger partial charge in [0.15, 0.2) is 0 Å². The van der Waals surface area contributed by atoms with Gasteiger partial charge >= 0.3 is 0 Å². The number of para-hydroxylation sites is 1. The van der Waals surface area contributed by atoms with Crippen LogP contribution in [0.2, 0.25) is 0 Å². The lowest BCUT2D eigenvalue weighted by Gasteiger charge is -2.38. The normalized spacial score (nSPS) is 31.2. The second-order valence-corrected chi connectivity index (χ2v) is 14.9. The zero-order valence-corrected chi connectivity index (χ0v) is 25.6. The number of ether oxygens (including phenoxy) is 3. The van der Waals surface area contributed by atoms with E-state index in [0.717, 1.165) is 54.1 Å². The van der Waals surface area contributed by atoms with E-state index in [1.54, 1.807) is 0 Å². The van der Waals surface area contributed by atoms with E-state index >= 15 is 0 Å². The third kappa shape index (κ3) is 5.96. The highest BCUT2D eigenvalue weighted by atomic mass is 16.7. The van der Waals surface area contributed by atoms with Gasteiger partial charge in [0.25, 0.3) is 0 Å². The molecule has 40 heavy (non-hydrogen) atoms. The molecule has 4 aliphatic rings. The lowest BCUT2D eigenvalue weighted by molar-refractivity contribution is -0.157. The van der Waals surface area contributed by atoms with Crippen molar-refractivity contribution in [1.82, 2.24) is 0 Å². The van der Waals surface area contributed by atoms with E-state index in [1.807, 2.05) is 0 Å². The third-order valence-corrected chi connectivity index (χ3v) is 10.9. The minimum Gasteiger partial charge on any atom is -0.493 e. The molecule has 9 atom stereocenters. The van der Waals surface area contributed by atoms with Gasteiger partial charge in [-0.3, -0.25) is 0 Å². The van der Waals surface area contributed by atoms with Crippen LogP contribution in [0.4, 0.5) is 0 Å². The quantitative estimate of drug-likeness (QED) is 0.279. The first kappa shape index (κ1) is 28.1. The number of fused-ring (bicyclic) bond motifs is 6. The monoisotopic (exact) mass is 544 g/mol. The van der Waals surface area contributed by atoms with Gasteiger partial charge in [0, 0.05) is 5.56 Å². The topological polar surface area (TPSA) is 27.7 Å². The van der Waals surface area contributed by atoms with Crippen molar-refractivity contribution in [1.29, 1.82) is 0 Å². The molecule has 0 amide bonds. The maximum absolute atomic E-state index is 7.09. The molecule has 2 aromatic carbocycles. The van der Waals surface area contributed by atoms with Crippen LogP contribution in [0.5, 0.6) is 11.5 Å². The molecule has 3 nitrogen and oxygen atoms in total. The van der Waals surface area contributed by atoms with Crippen LogP contribution < -0.4 is 9.47 Å². The summed E-state index contributed by atoms with van der Waals surface area (Å²) >= 11 is 0. The highest BCUT2D eigenvalue weighted by Crippen LogP contribution is 2.60. The van der Waals surface area contributed by atoms with Crippen LogP contribution in [-0.2, 0) is 4.74 Å². The van der Waals surface area contributed by atoms with E-state index in [-0.39, 0.29) is 12.2 Å². The minimum absolute atomic E-state index is 0.183. The van der Waals surface area contributed by atoms with Crippen molar-refractivity contribution in [2.75, 3.05) is 6.61 Å². The average Bonchev–Trinajstić information content (AvgIpc) is 3.66. The number of rotatable bonds is 10. The Kier molecular flexibility index (Phi) is 8.23. The number of hydrogen-bond acceptors (Lipinski definition) is 3. The molecule has 3 aliphatic carbocycles. The predicted octanol–water partition coefficient (Wildman–Crippen LogP) is 9.76. The van der Waals surface area contributed by atoms with Crippen LogP contribution in [0.15, 0.2) is 48.5 Å². The van der Waals surface area contributed by atoms with Gasteiger partial charge in [-0.05, 0) is 110 Å². The average molecular weight is 545 g/mol. The fourth-order valence-corrected chi connectivity index (χ4v) is 8.87. The summed E-state index contributed by atoms with van der Waals surface area (Å²) in [6, 6.07) is 17.6. The summed E-state index contributed by atoms with van der Waals surface area (Å²) in [4.78, 5) is 0. The lowest BCUT2D eigenvalue weighted by Crippen LogP contribution is -2.39. The Morgan fingerprint density at radius 1 is 0.925 bits per heavy atom. The Morgan fingerprint density at radius 2 is 1.70 bits per heavy atom. The van der Waals surface area contributed by atoms with Gasteiger partial charge in [-0.1, -0.05) is 77.8 Å². The summed E-state index contributed by atoms with van der Waals surface area (Å²) in [5.74, 6) is 6.86. The van der Waals surface area contributed by atoms with Crippen LogP contribution in [0.25, 0.3) is 0 Å². The molecule has 3 saturated carbocycles. The molecule has 0 N–H and O–H groups in total. The summed E-state index contributed by atoms with van der Waals surface area (Å²) in [6.07, 6.45) is 11.5. The van der Waals surface area contributed by atoms with Gasteiger partial charge in [-0.2, -0.15) is 0 Å². The molecule has 0 aromatic heterocycles. The van der Waals surface area contributed by atoms with Crippen LogP contribution in [0.3, 0.4) is 0 Å². The summed E-state index contributed by atoms with van der Waals surface area (Å²) in [6.45, 7) is 12.5. The molecule has 1 heterocycles. The van der Waals surface area contributed by atoms with Gasteiger partial charge in [0.1, 0.15) is 11.5 Å². The molecule has 0 saturated heterocycles.